The van der Waals surface area contributed by atoms with Crippen LogP contribution in [0.25, 0.3) is 0 Å². The van der Waals surface area contributed by atoms with Gasteiger partial charge in [0.25, 0.3) is 0 Å². The van der Waals surface area contributed by atoms with E-state index in [4.69, 9.17) is 9.63 Å². The van der Waals surface area contributed by atoms with Crippen LogP contribution < -0.4 is 0 Å². The summed E-state index contributed by atoms with van der Waals surface area (Å²) in [4.78, 5) is 29.1. The van der Waals surface area contributed by atoms with Crippen LogP contribution in [0.15, 0.2) is 29.0 Å². The molecule has 1 aliphatic heterocycles. The normalized spacial score (nSPS) is 17.2. The number of nitrogens with zero attached hydrogens (tertiary/aromatic N) is 3. The minimum atomic E-state index is -0.977. The minimum Gasteiger partial charge on any atom is -0.478 e. The van der Waals surface area contributed by atoms with Crippen molar-refractivity contribution in [3.8, 4) is 0 Å². The summed E-state index contributed by atoms with van der Waals surface area (Å²) in [6, 6.07) is 3.42. The smallest absolute Gasteiger partial charge is 0.337 e. The van der Waals surface area contributed by atoms with Crippen molar-refractivity contribution in [2.45, 2.75) is 26.2 Å². The van der Waals surface area contributed by atoms with Crippen molar-refractivity contribution in [1.29, 1.82) is 0 Å². The highest BCUT2D eigenvalue weighted by molar-refractivity contribution is 5.87. The number of rotatable bonds is 5. The third-order valence-electron chi connectivity index (χ3n) is 4.21. The number of amides is 1. The molecule has 1 fully saturated rings. The van der Waals surface area contributed by atoms with Gasteiger partial charge in [-0.25, -0.2) is 4.79 Å². The molecular weight excluding hydrogens is 310 g/mol. The number of carbonyl (C=O) groups is 2. The van der Waals surface area contributed by atoms with Crippen molar-refractivity contribution in [2.24, 2.45) is 5.92 Å². The number of carboxylic acids is 1. The molecule has 24 heavy (non-hydrogen) atoms. The average Bonchev–Trinajstić information content (AvgIpc) is 3.17. The van der Waals surface area contributed by atoms with E-state index < -0.39 is 5.97 Å². The van der Waals surface area contributed by atoms with Crippen molar-refractivity contribution < 1.29 is 19.2 Å². The van der Waals surface area contributed by atoms with Gasteiger partial charge in [-0.15, -0.1) is 0 Å². The summed E-state index contributed by atoms with van der Waals surface area (Å²) in [7, 11) is 0. The van der Waals surface area contributed by atoms with Crippen molar-refractivity contribution in [2.75, 3.05) is 13.1 Å². The van der Waals surface area contributed by atoms with Crippen LogP contribution in [0.3, 0.4) is 0 Å². The van der Waals surface area contributed by atoms with E-state index in [1.165, 1.54) is 6.20 Å². The fourth-order valence-corrected chi connectivity index (χ4v) is 3.04. The summed E-state index contributed by atoms with van der Waals surface area (Å²) in [5.74, 6) is -0.0449. The molecule has 1 unspecified atom stereocenters. The fourth-order valence-electron chi connectivity index (χ4n) is 3.04. The van der Waals surface area contributed by atoms with E-state index in [-0.39, 0.29) is 17.9 Å². The SMILES string of the molecule is Cc1cc(CC(=O)N2CCC(Cc3cncc(C(=O)O)c3)C2)on1. The first-order valence-corrected chi connectivity index (χ1v) is 7.88. The zero-order valence-corrected chi connectivity index (χ0v) is 13.4. The molecule has 1 atom stereocenters. The maximum Gasteiger partial charge on any atom is 0.337 e. The summed E-state index contributed by atoms with van der Waals surface area (Å²) in [5.41, 5.74) is 1.85. The summed E-state index contributed by atoms with van der Waals surface area (Å²) in [6.07, 6.45) is 4.88. The average molecular weight is 329 g/mol. The molecule has 0 aliphatic carbocycles. The van der Waals surface area contributed by atoms with Gasteiger partial charge >= 0.3 is 5.97 Å². The Balaban J connectivity index is 1.56. The van der Waals surface area contributed by atoms with Gasteiger partial charge in [0.1, 0.15) is 5.76 Å². The zero-order valence-electron chi connectivity index (χ0n) is 13.4. The van der Waals surface area contributed by atoms with Gasteiger partial charge in [0.2, 0.25) is 5.91 Å². The standard InChI is InChI=1S/C17H19N3O4/c1-11-4-15(24-19-11)7-16(21)20-3-2-12(10-20)5-13-6-14(17(22)23)9-18-8-13/h4,6,8-9,12H,2-3,5,7,10H2,1H3,(H,22,23). The highest BCUT2D eigenvalue weighted by Gasteiger charge is 2.27. The zero-order chi connectivity index (χ0) is 17.1. The molecule has 2 aromatic rings. The van der Waals surface area contributed by atoms with Crippen molar-refractivity contribution >= 4 is 11.9 Å². The minimum absolute atomic E-state index is 0.0334. The van der Waals surface area contributed by atoms with Crippen molar-refractivity contribution in [1.82, 2.24) is 15.0 Å². The molecule has 1 amide bonds. The molecule has 7 nitrogen and oxygen atoms in total. The van der Waals surface area contributed by atoms with Crippen molar-refractivity contribution in [3.63, 3.8) is 0 Å². The van der Waals surface area contributed by atoms with Crippen LogP contribution >= 0.6 is 0 Å². The van der Waals surface area contributed by atoms with Gasteiger partial charge in [0.15, 0.2) is 0 Å². The quantitative estimate of drug-likeness (QED) is 0.897. The number of hydrogen-bond donors (Lipinski definition) is 1. The van der Waals surface area contributed by atoms with Crippen LogP contribution in [0.1, 0.15) is 33.8 Å². The number of pyridine rings is 1. The second-order valence-electron chi connectivity index (χ2n) is 6.20. The first kappa shape index (κ1) is 16.2. The maximum atomic E-state index is 12.3. The summed E-state index contributed by atoms with van der Waals surface area (Å²) in [5, 5.41) is 12.8. The number of aromatic nitrogens is 2. The van der Waals surface area contributed by atoms with Gasteiger partial charge < -0.3 is 14.5 Å². The Morgan fingerprint density at radius 1 is 1.38 bits per heavy atom. The predicted molar refractivity (Wildman–Crippen MR) is 84.5 cm³/mol. The second-order valence-corrected chi connectivity index (χ2v) is 6.20. The lowest BCUT2D eigenvalue weighted by Gasteiger charge is -2.16. The van der Waals surface area contributed by atoms with E-state index in [1.807, 2.05) is 11.8 Å². The predicted octanol–water partition coefficient (Wildman–Crippen LogP) is 1.71. The van der Waals surface area contributed by atoms with Gasteiger partial charge in [0.05, 0.1) is 17.7 Å². The molecule has 0 saturated carbocycles. The molecule has 0 radical (unpaired) electrons. The maximum absolute atomic E-state index is 12.3. The third kappa shape index (κ3) is 3.79. The Bertz CT molecular complexity index is 756. The van der Waals surface area contributed by atoms with E-state index in [2.05, 4.69) is 10.1 Å². The fraction of sp³-hybridized carbons (Fsp3) is 0.412. The molecule has 1 saturated heterocycles. The van der Waals surface area contributed by atoms with Crippen LogP contribution in [0.4, 0.5) is 0 Å². The highest BCUT2D eigenvalue weighted by atomic mass is 16.5. The van der Waals surface area contributed by atoms with Crippen LogP contribution in [0.5, 0.6) is 0 Å². The molecule has 1 N–H and O–H groups in total. The Hall–Kier alpha value is -2.70. The van der Waals surface area contributed by atoms with E-state index in [9.17, 15) is 9.59 Å². The van der Waals surface area contributed by atoms with Gasteiger partial charge in [-0.2, -0.15) is 0 Å². The van der Waals surface area contributed by atoms with E-state index in [1.54, 1.807) is 18.3 Å². The van der Waals surface area contributed by atoms with Crippen LogP contribution in [-0.2, 0) is 17.6 Å². The molecule has 7 heteroatoms. The van der Waals surface area contributed by atoms with Crippen molar-refractivity contribution in [3.05, 3.63) is 47.1 Å². The van der Waals surface area contributed by atoms with Crippen LogP contribution in [0, 0.1) is 12.8 Å². The number of carbonyl (C=O) groups excluding carboxylic acids is 1. The molecule has 0 bridgehead atoms. The molecule has 0 spiro atoms. The third-order valence-corrected chi connectivity index (χ3v) is 4.21. The summed E-state index contributed by atoms with van der Waals surface area (Å²) in [6.45, 7) is 3.20. The van der Waals surface area contributed by atoms with Gasteiger partial charge in [0, 0.05) is 31.5 Å². The number of aromatic carboxylic acids is 1. The lowest BCUT2D eigenvalue weighted by atomic mass is 9.99. The van der Waals surface area contributed by atoms with Gasteiger partial charge in [-0.3, -0.25) is 9.78 Å². The molecule has 126 valence electrons. The van der Waals surface area contributed by atoms with Gasteiger partial charge in [-0.1, -0.05) is 5.16 Å². The summed E-state index contributed by atoms with van der Waals surface area (Å²) < 4.78 is 5.09. The number of likely N-dealkylation sites (tertiary alicyclic amines) is 1. The molecule has 0 aromatic carbocycles. The van der Waals surface area contributed by atoms with E-state index >= 15 is 0 Å². The largest absolute Gasteiger partial charge is 0.478 e. The lowest BCUT2D eigenvalue weighted by Crippen LogP contribution is -2.30. The second kappa shape index (κ2) is 6.82. The highest BCUT2D eigenvalue weighted by Crippen LogP contribution is 2.22. The molecule has 2 aromatic heterocycles. The monoisotopic (exact) mass is 329 g/mol. The van der Waals surface area contributed by atoms with Gasteiger partial charge in [-0.05, 0) is 37.3 Å². The first-order chi connectivity index (χ1) is 11.5. The number of hydrogen-bond acceptors (Lipinski definition) is 5. The molecular formula is C17H19N3O4. The van der Waals surface area contributed by atoms with Crippen LogP contribution in [-0.4, -0.2) is 45.1 Å². The lowest BCUT2D eigenvalue weighted by molar-refractivity contribution is -0.129. The number of carboxylic acid groups (broad SMARTS) is 1. The Morgan fingerprint density at radius 2 is 2.21 bits per heavy atom. The first-order valence-electron chi connectivity index (χ1n) is 7.88. The molecule has 1 aliphatic rings. The Kier molecular flexibility index (Phi) is 4.59. The summed E-state index contributed by atoms with van der Waals surface area (Å²) >= 11 is 0. The number of aryl methyl sites for hydroxylation is 1. The van der Waals surface area contributed by atoms with E-state index in [0.717, 1.165) is 24.1 Å². The topological polar surface area (TPSA) is 96.5 Å². The molecule has 3 rings (SSSR count). The molecule has 3 heterocycles. The van der Waals surface area contributed by atoms with E-state index in [0.29, 0.717) is 24.8 Å². The van der Waals surface area contributed by atoms with Crippen LogP contribution in [0.2, 0.25) is 0 Å². The Morgan fingerprint density at radius 3 is 2.92 bits per heavy atom. The Labute approximate surface area is 139 Å².